The average molecular weight is 508 g/mol. The van der Waals surface area contributed by atoms with Gasteiger partial charge in [0, 0.05) is 11.1 Å². The molecule has 0 radical (unpaired) electrons. The highest BCUT2D eigenvalue weighted by molar-refractivity contribution is 6.33. The van der Waals surface area contributed by atoms with Crippen LogP contribution in [0.2, 0.25) is 10.0 Å². The van der Waals surface area contributed by atoms with Crippen molar-refractivity contribution in [1.29, 1.82) is 0 Å². The molecule has 2 rings (SSSR count). The average Bonchev–Trinajstić information content (AvgIpc) is 2.83. The molecule has 2 aromatic carbocycles. The zero-order valence-electron chi connectivity index (χ0n) is 22.1. The second-order valence-electron chi connectivity index (χ2n) is 9.59. The van der Waals surface area contributed by atoms with Gasteiger partial charge in [0.2, 0.25) is 0 Å². The van der Waals surface area contributed by atoms with Gasteiger partial charge >= 0.3 is 0 Å². The lowest BCUT2D eigenvalue weighted by atomic mass is 9.94. The van der Waals surface area contributed by atoms with Gasteiger partial charge in [-0.1, -0.05) is 102 Å². The van der Waals surface area contributed by atoms with Gasteiger partial charge in [-0.25, -0.2) is 0 Å². The van der Waals surface area contributed by atoms with Gasteiger partial charge in [0.1, 0.15) is 11.5 Å². The molecule has 0 aliphatic rings. The summed E-state index contributed by atoms with van der Waals surface area (Å²) in [6.45, 7) is 14.5. The summed E-state index contributed by atoms with van der Waals surface area (Å²) in [5.74, 6) is 2.52. The number of ether oxygens (including phenoxy) is 2. The van der Waals surface area contributed by atoms with Crippen molar-refractivity contribution >= 4 is 23.2 Å². The van der Waals surface area contributed by atoms with Crippen molar-refractivity contribution in [3.05, 3.63) is 45.4 Å². The minimum Gasteiger partial charge on any atom is -0.491 e. The molecule has 0 aliphatic carbocycles. The Morgan fingerprint density at radius 3 is 1.35 bits per heavy atom. The van der Waals surface area contributed by atoms with E-state index in [2.05, 4.69) is 53.7 Å². The van der Waals surface area contributed by atoms with E-state index < -0.39 is 0 Å². The summed E-state index contributed by atoms with van der Waals surface area (Å²) in [7, 11) is 0. The van der Waals surface area contributed by atoms with Crippen LogP contribution in [0.4, 0.5) is 0 Å². The zero-order valence-corrected chi connectivity index (χ0v) is 23.6. The smallest absolute Gasteiger partial charge is 0.146 e. The van der Waals surface area contributed by atoms with E-state index in [-0.39, 0.29) is 0 Å². The molecule has 4 heteroatoms. The number of aryl methyl sites for hydroxylation is 2. The fourth-order valence-corrected chi connectivity index (χ4v) is 4.84. The van der Waals surface area contributed by atoms with E-state index in [1.165, 1.54) is 38.5 Å². The highest BCUT2D eigenvalue weighted by Gasteiger charge is 2.23. The van der Waals surface area contributed by atoms with E-state index in [9.17, 15) is 0 Å². The van der Waals surface area contributed by atoms with E-state index >= 15 is 0 Å². The van der Waals surface area contributed by atoms with Crippen molar-refractivity contribution < 1.29 is 9.47 Å². The lowest BCUT2D eigenvalue weighted by molar-refractivity contribution is 0.231. The number of hydrogen-bond donors (Lipinski definition) is 0. The van der Waals surface area contributed by atoms with E-state index in [0.29, 0.717) is 35.1 Å². The molecular weight excluding hydrogens is 463 g/mol. The molecule has 0 aromatic heterocycles. The van der Waals surface area contributed by atoms with Crippen molar-refractivity contribution in [2.45, 2.75) is 92.9 Å². The first-order chi connectivity index (χ1) is 16.4. The van der Waals surface area contributed by atoms with Crippen molar-refractivity contribution in [3.63, 3.8) is 0 Å². The van der Waals surface area contributed by atoms with Crippen LogP contribution in [0.25, 0.3) is 11.1 Å². The topological polar surface area (TPSA) is 18.5 Å². The van der Waals surface area contributed by atoms with Crippen molar-refractivity contribution in [3.8, 4) is 22.6 Å². The largest absolute Gasteiger partial charge is 0.491 e. The molecule has 2 unspecified atom stereocenters. The molecule has 0 heterocycles. The molecule has 0 fully saturated rings. The summed E-state index contributed by atoms with van der Waals surface area (Å²) in [5.41, 5.74) is 4.20. The standard InChI is InChI=1S/C30H44Cl2O2/c1-7-11-13-23(9-3)19-33-29-25(31)17-15-21(5)27(29)28-22(6)16-18-26(32)30(28)34-20-24(10-4)14-12-8-2/h15-18,23-24H,7-14,19-20H2,1-6H3. The molecule has 0 aliphatic heterocycles. The second-order valence-corrected chi connectivity index (χ2v) is 10.4. The molecule has 34 heavy (non-hydrogen) atoms. The molecule has 0 amide bonds. The number of benzene rings is 2. The molecular formula is C30H44Cl2O2. The zero-order chi connectivity index (χ0) is 25.1. The maximum atomic E-state index is 6.74. The van der Waals surface area contributed by atoms with Crippen LogP contribution in [0.1, 0.15) is 90.2 Å². The molecule has 0 saturated carbocycles. The van der Waals surface area contributed by atoms with Gasteiger partial charge < -0.3 is 9.47 Å². The number of rotatable bonds is 15. The van der Waals surface area contributed by atoms with E-state index in [0.717, 1.165) is 46.6 Å². The van der Waals surface area contributed by atoms with Gasteiger partial charge in [-0.15, -0.1) is 0 Å². The molecule has 0 saturated heterocycles. The van der Waals surface area contributed by atoms with Crippen molar-refractivity contribution in [2.75, 3.05) is 13.2 Å². The highest BCUT2D eigenvalue weighted by Crippen LogP contribution is 2.47. The third-order valence-electron chi connectivity index (χ3n) is 6.90. The van der Waals surface area contributed by atoms with E-state index in [4.69, 9.17) is 32.7 Å². The Hall–Kier alpha value is -1.38. The predicted octanol–water partition coefficient (Wildman–Crippen LogP) is 10.5. The van der Waals surface area contributed by atoms with Gasteiger partial charge in [-0.3, -0.25) is 0 Å². The van der Waals surface area contributed by atoms with Crippen molar-refractivity contribution in [1.82, 2.24) is 0 Å². The molecule has 0 N–H and O–H groups in total. The van der Waals surface area contributed by atoms with Crippen LogP contribution in [-0.2, 0) is 0 Å². The maximum Gasteiger partial charge on any atom is 0.146 e. The third-order valence-corrected chi connectivity index (χ3v) is 7.49. The summed E-state index contributed by atoms with van der Waals surface area (Å²) < 4.78 is 12.9. The predicted molar refractivity (Wildman–Crippen MR) is 149 cm³/mol. The first kappa shape index (κ1) is 28.9. The van der Waals surface area contributed by atoms with Crippen LogP contribution >= 0.6 is 23.2 Å². The molecule has 190 valence electrons. The lowest BCUT2D eigenvalue weighted by Gasteiger charge is -2.24. The second kappa shape index (κ2) is 14.9. The number of unbranched alkanes of at least 4 members (excludes halogenated alkanes) is 2. The van der Waals surface area contributed by atoms with Gasteiger partial charge in [-0.2, -0.15) is 0 Å². The van der Waals surface area contributed by atoms with Gasteiger partial charge in [0.05, 0.1) is 23.3 Å². The molecule has 2 atom stereocenters. The summed E-state index contributed by atoms with van der Waals surface area (Å²) in [6.07, 6.45) is 9.38. The van der Waals surface area contributed by atoms with Gasteiger partial charge in [0.25, 0.3) is 0 Å². The summed E-state index contributed by atoms with van der Waals surface area (Å²) >= 11 is 13.5. The van der Waals surface area contributed by atoms with Crippen LogP contribution in [0.15, 0.2) is 24.3 Å². The summed E-state index contributed by atoms with van der Waals surface area (Å²) in [6, 6.07) is 7.97. The van der Waals surface area contributed by atoms with Crippen LogP contribution in [0.5, 0.6) is 11.5 Å². The van der Waals surface area contributed by atoms with Crippen molar-refractivity contribution in [2.24, 2.45) is 11.8 Å². The van der Waals surface area contributed by atoms with E-state index in [1.807, 2.05) is 12.1 Å². The third kappa shape index (κ3) is 7.82. The number of halogens is 2. The Morgan fingerprint density at radius 1 is 0.647 bits per heavy atom. The Kier molecular flexibility index (Phi) is 12.6. The quantitative estimate of drug-likeness (QED) is 0.239. The first-order valence-electron chi connectivity index (χ1n) is 13.2. The Bertz CT molecular complexity index is 820. The molecule has 0 bridgehead atoms. The summed E-state index contributed by atoms with van der Waals surface area (Å²) in [4.78, 5) is 0. The van der Waals surface area contributed by atoms with E-state index in [1.54, 1.807) is 0 Å². The normalized spacial score (nSPS) is 13.1. The van der Waals surface area contributed by atoms with Gasteiger partial charge in [0.15, 0.2) is 0 Å². The number of hydrogen-bond acceptors (Lipinski definition) is 2. The highest BCUT2D eigenvalue weighted by atomic mass is 35.5. The van der Waals surface area contributed by atoms with Crippen LogP contribution < -0.4 is 9.47 Å². The first-order valence-corrected chi connectivity index (χ1v) is 14.0. The SMILES string of the molecule is CCCCC(CC)COc1c(Cl)ccc(C)c1-c1c(C)ccc(Cl)c1OCC(CC)CCCC. The van der Waals surface area contributed by atoms with Gasteiger partial charge in [-0.05, 0) is 61.8 Å². The fraction of sp³-hybridized carbons (Fsp3) is 0.600. The minimum absolute atomic E-state index is 0.518. The Labute approximate surface area is 218 Å². The van der Waals surface area contributed by atoms with Crippen LogP contribution in [0.3, 0.4) is 0 Å². The monoisotopic (exact) mass is 506 g/mol. The Morgan fingerprint density at radius 2 is 1.03 bits per heavy atom. The lowest BCUT2D eigenvalue weighted by Crippen LogP contribution is -2.14. The molecule has 2 nitrogen and oxygen atoms in total. The molecule has 0 spiro atoms. The van der Waals surface area contributed by atoms with Crippen LogP contribution in [-0.4, -0.2) is 13.2 Å². The summed E-state index contributed by atoms with van der Waals surface area (Å²) in [5, 5.41) is 1.26. The van der Waals surface area contributed by atoms with Crippen LogP contribution in [0, 0.1) is 25.7 Å². The maximum absolute atomic E-state index is 6.74. The Balaban J connectivity index is 2.46. The molecule has 2 aromatic rings. The minimum atomic E-state index is 0.518. The fourth-order valence-electron chi connectivity index (χ4n) is 4.41.